The molecular weight excluding hydrogens is 232 g/mol. The quantitative estimate of drug-likeness (QED) is 0.793. The van der Waals surface area contributed by atoms with Gasteiger partial charge in [-0.25, -0.2) is 0 Å². The summed E-state index contributed by atoms with van der Waals surface area (Å²) in [6.07, 6.45) is 4.08. The van der Waals surface area contributed by atoms with Crippen molar-refractivity contribution in [3.63, 3.8) is 0 Å². The Balaban J connectivity index is 1.92. The van der Waals surface area contributed by atoms with Gasteiger partial charge in [-0.05, 0) is 49.4 Å². The summed E-state index contributed by atoms with van der Waals surface area (Å²) in [5, 5.41) is 0. The first-order chi connectivity index (χ1) is 9.31. The second-order valence-electron chi connectivity index (χ2n) is 5.38. The van der Waals surface area contributed by atoms with Gasteiger partial charge in [0.15, 0.2) is 0 Å². The summed E-state index contributed by atoms with van der Waals surface area (Å²) in [6.45, 7) is 6.21. The number of hydrogen-bond donors (Lipinski definition) is 1. The van der Waals surface area contributed by atoms with Crippen LogP contribution in [0.5, 0.6) is 0 Å². The first-order valence-corrected chi connectivity index (χ1v) is 7.32. The van der Waals surface area contributed by atoms with Crippen molar-refractivity contribution >= 4 is 0 Å². The van der Waals surface area contributed by atoms with Gasteiger partial charge in [-0.1, -0.05) is 30.9 Å². The highest BCUT2D eigenvalue weighted by atomic mass is 15.1. The third-order valence-corrected chi connectivity index (χ3v) is 3.45. The van der Waals surface area contributed by atoms with Gasteiger partial charge in [0.2, 0.25) is 0 Å². The summed E-state index contributed by atoms with van der Waals surface area (Å²) in [7, 11) is 0. The van der Waals surface area contributed by atoms with Gasteiger partial charge in [0.25, 0.3) is 0 Å². The molecule has 0 heterocycles. The Bertz CT molecular complexity index is 435. The zero-order valence-electron chi connectivity index (χ0n) is 11.9. The maximum Gasteiger partial charge on any atom is 0.0555 e. The molecule has 19 heavy (non-hydrogen) atoms. The first-order valence-electron chi connectivity index (χ1n) is 7.32. The Morgan fingerprint density at radius 3 is 2.58 bits per heavy atom. The molecule has 1 saturated carbocycles. The summed E-state index contributed by atoms with van der Waals surface area (Å²) in [4.78, 5) is 2.58. The Hall–Kier alpha value is -1.30. The third kappa shape index (κ3) is 5.06. The molecule has 0 saturated heterocycles. The summed E-state index contributed by atoms with van der Waals surface area (Å²) < 4.78 is 0. The van der Waals surface area contributed by atoms with Crippen LogP contribution in [-0.2, 0) is 6.54 Å². The zero-order valence-corrected chi connectivity index (χ0v) is 11.9. The van der Waals surface area contributed by atoms with Crippen LogP contribution in [0.3, 0.4) is 0 Å². The van der Waals surface area contributed by atoms with Gasteiger partial charge >= 0.3 is 0 Å². The fourth-order valence-corrected chi connectivity index (χ4v) is 2.32. The molecule has 0 radical (unpaired) electrons. The van der Waals surface area contributed by atoms with E-state index in [1.54, 1.807) is 0 Å². The highest BCUT2D eigenvalue weighted by Gasteiger charge is 2.23. The molecule has 2 rings (SSSR count). The average molecular weight is 256 g/mol. The molecular formula is C17H24N2. The van der Waals surface area contributed by atoms with Crippen molar-refractivity contribution in [1.82, 2.24) is 4.90 Å². The van der Waals surface area contributed by atoms with Crippen molar-refractivity contribution < 1.29 is 0 Å². The van der Waals surface area contributed by atoms with E-state index in [1.807, 2.05) is 0 Å². The van der Waals surface area contributed by atoms with E-state index in [4.69, 9.17) is 5.73 Å². The smallest absolute Gasteiger partial charge is 0.0555 e. The van der Waals surface area contributed by atoms with Crippen LogP contribution in [0.15, 0.2) is 24.3 Å². The van der Waals surface area contributed by atoms with Gasteiger partial charge < -0.3 is 5.73 Å². The minimum Gasteiger partial charge on any atom is -0.320 e. The van der Waals surface area contributed by atoms with E-state index in [-0.39, 0.29) is 0 Å². The molecule has 0 aromatic heterocycles. The summed E-state index contributed by atoms with van der Waals surface area (Å²) in [6, 6.07) is 8.57. The first kappa shape index (κ1) is 14.1. The molecule has 102 valence electrons. The second-order valence-corrected chi connectivity index (χ2v) is 5.38. The van der Waals surface area contributed by atoms with Gasteiger partial charge in [0, 0.05) is 18.7 Å². The number of rotatable bonds is 6. The molecule has 1 aliphatic rings. The molecule has 0 amide bonds. The van der Waals surface area contributed by atoms with Crippen LogP contribution in [0.4, 0.5) is 0 Å². The predicted octanol–water partition coefficient (Wildman–Crippen LogP) is 2.62. The van der Waals surface area contributed by atoms with E-state index in [1.165, 1.54) is 37.9 Å². The van der Waals surface area contributed by atoms with Gasteiger partial charge in [-0.15, -0.1) is 0 Å². The van der Waals surface area contributed by atoms with Crippen LogP contribution in [0.1, 0.15) is 37.3 Å². The molecule has 0 atom stereocenters. The highest BCUT2D eigenvalue weighted by molar-refractivity contribution is 5.36. The van der Waals surface area contributed by atoms with Gasteiger partial charge in [0.1, 0.15) is 0 Å². The lowest BCUT2D eigenvalue weighted by Crippen LogP contribution is -2.26. The monoisotopic (exact) mass is 256 g/mol. The van der Waals surface area contributed by atoms with Crippen LogP contribution in [0.2, 0.25) is 0 Å². The Morgan fingerprint density at radius 1 is 1.26 bits per heavy atom. The van der Waals surface area contributed by atoms with E-state index in [2.05, 4.69) is 47.9 Å². The van der Waals surface area contributed by atoms with E-state index in [9.17, 15) is 0 Å². The SMILES string of the molecule is CCCN(Cc1ccc(C#CCN)cc1)CC1CC1. The van der Waals surface area contributed by atoms with E-state index >= 15 is 0 Å². The molecule has 0 spiro atoms. The molecule has 0 bridgehead atoms. The lowest BCUT2D eigenvalue weighted by Gasteiger charge is -2.21. The standard InChI is InChI=1S/C17H24N2/c1-2-12-19(14-17-9-10-17)13-16-7-5-15(6-8-16)4-3-11-18/h5-8,17H,2,9-14,18H2,1H3. The van der Waals surface area contributed by atoms with Crippen LogP contribution in [0, 0.1) is 17.8 Å². The van der Waals surface area contributed by atoms with Crippen LogP contribution in [-0.4, -0.2) is 24.5 Å². The number of benzene rings is 1. The van der Waals surface area contributed by atoms with Gasteiger partial charge in [-0.3, -0.25) is 4.90 Å². The second kappa shape index (κ2) is 7.33. The fraction of sp³-hybridized carbons (Fsp3) is 0.529. The number of nitrogens with two attached hydrogens (primary N) is 1. The lowest BCUT2D eigenvalue weighted by molar-refractivity contribution is 0.255. The van der Waals surface area contributed by atoms with Crippen molar-refractivity contribution in [3.8, 4) is 11.8 Å². The number of hydrogen-bond acceptors (Lipinski definition) is 2. The minimum atomic E-state index is 0.424. The van der Waals surface area contributed by atoms with E-state index < -0.39 is 0 Å². The molecule has 1 aromatic rings. The van der Waals surface area contributed by atoms with Gasteiger partial charge in [-0.2, -0.15) is 0 Å². The Kier molecular flexibility index (Phi) is 5.44. The Labute approximate surface area is 117 Å². The molecule has 2 N–H and O–H groups in total. The maximum atomic E-state index is 5.38. The summed E-state index contributed by atoms with van der Waals surface area (Å²) in [5.41, 5.74) is 7.81. The van der Waals surface area contributed by atoms with Crippen LogP contribution >= 0.6 is 0 Å². The molecule has 1 aromatic carbocycles. The van der Waals surface area contributed by atoms with Crippen molar-refractivity contribution in [1.29, 1.82) is 0 Å². The molecule has 0 unspecified atom stereocenters. The zero-order chi connectivity index (χ0) is 13.5. The largest absolute Gasteiger partial charge is 0.320 e. The average Bonchev–Trinajstić information content (AvgIpc) is 3.22. The predicted molar refractivity (Wildman–Crippen MR) is 80.7 cm³/mol. The maximum absolute atomic E-state index is 5.38. The third-order valence-electron chi connectivity index (χ3n) is 3.45. The van der Waals surface area contributed by atoms with Crippen molar-refractivity contribution in [2.24, 2.45) is 11.7 Å². The molecule has 2 nitrogen and oxygen atoms in total. The van der Waals surface area contributed by atoms with Crippen LogP contribution in [0.25, 0.3) is 0 Å². The fourth-order valence-electron chi connectivity index (χ4n) is 2.32. The molecule has 1 fully saturated rings. The van der Waals surface area contributed by atoms with Crippen molar-refractivity contribution in [3.05, 3.63) is 35.4 Å². The lowest BCUT2D eigenvalue weighted by atomic mass is 10.1. The molecule has 2 heteroatoms. The summed E-state index contributed by atoms with van der Waals surface area (Å²) in [5.74, 6) is 6.91. The van der Waals surface area contributed by atoms with Crippen molar-refractivity contribution in [2.75, 3.05) is 19.6 Å². The minimum absolute atomic E-state index is 0.424. The van der Waals surface area contributed by atoms with Crippen LogP contribution < -0.4 is 5.73 Å². The van der Waals surface area contributed by atoms with Crippen molar-refractivity contribution in [2.45, 2.75) is 32.7 Å². The van der Waals surface area contributed by atoms with E-state index in [0.29, 0.717) is 6.54 Å². The normalized spacial score (nSPS) is 14.3. The van der Waals surface area contributed by atoms with Gasteiger partial charge in [0.05, 0.1) is 6.54 Å². The Morgan fingerprint density at radius 2 is 2.00 bits per heavy atom. The summed E-state index contributed by atoms with van der Waals surface area (Å²) >= 11 is 0. The topological polar surface area (TPSA) is 29.3 Å². The highest BCUT2D eigenvalue weighted by Crippen LogP contribution is 2.30. The molecule has 1 aliphatic carbocycles. The van der Waals surface area contributed by atoms with E-state index in [0.717, 1.165) is 18.0 Å². The molecule has 0 aliphatic heterocycles. The number of nitrogens with zero attached hydrogens (tertiary/aromatic N) is 1.